The van der Waals surface area contributed by atoms with Crippen molar-refractivity contribution in [3.63, 3.8) is 0 Å². The van der Waals surface area contributed by atoms with Gasteiger partial charge in [-0.1, -0.05) is 12.8 Å². The zero-order valence-electron chi connectivity index (χ0n) is 14.0. The maximum Gasteiger partial charge on any atom is 0.220 e. The highest BCUT2D eigenvalue weighted by molar-refractivity contribution is 14.0. The fourth-order valence-electron chi connectivity index (χ4n) is 2.65. The Kier molecular flexibility index (Phi) is 12.6. The van der Waals surface area contributed by atoms with E-state index >= 15 is 0 Å². The summed E-state index contributed by atoms with van der Waals surface area (Å²) in [5.41, 5.74) is 0. The van der Waals surface area contributed by atoms with E-state index in [-0.39, 0.29) is 35.9 Å². The lowest BCUT2D eigenvalue weighted by Crippen LogP contribution is -2.46. The lowest BCUT2D eigenvalue weighted by molar-refractivity contribution is -0.121. The zero-order chi connectivity index (χ0) is 15.5. The second-order valence-corrected chi connectivity index (χ2v) is 5.70. The lowest BCUT2D eigenvalue weighted by Gasteiger charge is -2.17. The number of amides is 1. The summed E-state index contributed by atoms with van der Waals surface area (Å²) in [6.45, 7) is 3.93. The third-order valence-electron chi connectivity index (χ3n) is 3.71. The summed E-state index contributed by atoms with van der Waals surface area (Å²) in [6.07, 6.45) is 5.65. The first-order chi connectivity index (χ1) is 10.2. The van der Waals surface area contributed by atoms with Gasteiger partial charge in [-0.25, -0.2) is 0 Å². The number of halogens is 1. The molecule has 0 radical (unpaired) electrons. The van der Waals surface area contributed by atoms with E-state index in [9.17, 15) is 4.79 Å². The van der Waals surface area contributed by atoms with E-state index in [1.165, 1.54) is 25.7 Å². The SMILES string of the molecule is CN=C(NCCNC(=O)CC1CCCC1)NC(C)COC.I. The van der Waals surface area contributed by atoms with Crippen LogP contribution in [0.4, 0.5) is 0 Å². The van der Waals surface area contributed by atoms with Crippen LogP contribution in [0.5, 0.6) is 0 Å². The monoisotopic (exact) mass is 426 g/mol. The van der Waals surface area contributed by atoms with Gasteiger partial charge in [0, 0.05) is 39.7 Å². The van der Waals surface area contributed by atoms with Crippen molar-refractivity contribution in [3.05, 3.63) is 0 Å². The molecule has 0 aromatic heterocycles. The van der Waals surface area contributed by atoms with Gasteiger partial charge in [0.15, 0.2) is 5.96 Å². The largest absolute Gasteiger partial charge is 0.383 e. The number of ether oxygens (including phenoxy) is 1. The van der Waals surface area contributed by atoms with Crippen molar-refractivity contribution in [3.8, 4) is 0 Å². The van der Waals surface area contributed by atoms with Gasteiger partial charge in [-0.3, -0.25) is 9.79 Å². The van der Waals surface area contributed by atoms with Crippen molar-refractivity contribution in [2.45, 2.75) is 45.1 Å². The summed E-state index contributed by atoms with van der Waals surface area (Å²) >= 11 is 0. The second kappa shape index (κ2) is 12.9. The predicted molar refractivity (Wildman–Crippen MR) is 101 cm³/mol. The third-order valence-corrected chi connectivity index (χ3v) is 3.71. The highest BCUT2D eigenvalue weighted by atomic mass is 127. The van der Waals surface area contributed by atoms with Gasteiger partial charge in [0.05, 0.1) is 6.61 Å². The molecular formula is C15H31IN4O2. The van der Waals surface area contributed by atoms with Crippen LogP contribution in [0, 0.1) is 5.92 Å². The van der Waals surface area contributed by atoms with Gasteiger partial charge >= 0.3 is 0 Å². The molecule has 1 saturated carbocycles. The van der Waals surface area contributed by atoms with Gasteiger partial charge < -0.3 is 20.7 Å². The lowest BCUT2D eigenvalue weighted by atomic mass is 10.0. The molecule has 1 amide bonds. The number of rotatable bonds is 8. The summed E-state index contributed by atoms with van der Waals surface area (Å²) in [7, 11) is 3.40. The van der Waals surface area contributed by atoms with Crippen molar-refractivity contribution in [2.24, 2.45) is 10.9 Å². The molecule has 0 aliphatic heterocycles. The topological polar surface area (TPSA) is 74.8 Å². The fraction of sp³-hybridized carbons (Fsp3) is 0.867. The Labute approximate surface area is 151 Å². The molecule has 0 spiro atoms. The van der Waals surface area contributed by atoms with Crippen LogP contribution in [-0.4, -0.2) is 51.8 Å². The van der Waals surface area contributed by atoms with E-state index in [4.69, 9.17) is 4.74 Å². The molecule has 1 atom stereocenters. The van der Waals surface area contributed by atoms with Gasteiger partial charge in [0.2, 0.25) is 5.91 Å². The Bertz CT molecular complexity index is 334. The molecule has 22 heavy (non-hydrogen) atoms. The van der Waals surface area contributed by atoms with E-state index in [0.29, 0.717) is 32.0 Å². The number of hydrogen-bond acceptors (Lipinski definition) is 3. The van der Waals surface area contributed by atoms with E-state index in [1.54, 1.807) is 14.2 Å². The molecule has 130 valence electrons. The Morgan fingerprint density at radius 3 is 2.50 bits per heavy atom. The number of carbonyl (C=O) groups is 1. The molecule has 1 rings (SSSR count). The van der Waals surface area contributed by atoms with Gasteiger partial charge in [-0.05, 0) is 25.7 Å². The molecule has 7 heteroatoms. The highest BCUT2D eigenvalue weighted by Crippen LogP contribution is 2.27. The van der Waals surface area contributed by atoms with Crippen LogP contribution in [0.1, 0.15) is 39.0 Å². The number of hydrogen-bond donors (Lipinski definition) is 3. The number of methoxy groups -OCH3 is 1. The standard InChI is InChI=1S/C15H30N4O2.HI/c1-12(11-21-3)19-15(16-2)18-9-8-17-14(20)10-13-6-4-5-7-13;/h12-13H,4-11H2,1-3H3,(H,17,20)(H2,16,18,19);1H. The first-order valence-electron chi connectivity index (χ1n) is 7.88. The quantitative estimate of drug-likeness (QED) is 0.238. The molecule has 0 bridgehead atoms. The molecule has 0 aromatic rings. The van der Waals surface area contributed by atoms with Crippen molar-refractivity contribution in [1.82, 2.24) is 16.0 Å². The molecule has 1 unspecified atom stereocenters. The number of carbonyl (C=O) groups excluding carboxylic acids is 1. The maximum absolute atomic E-state index is 11.8. The van der Waals surface area contributed by atoms with Crippen LogP contribution in [0.3, 0.4) is 0 Å². The van der Waals surface area contributed by atoms with Crippen LogP contribution in [0.25, 0.3) is 0 Å². The average Bonchev–Trinajstić information content (AvgIpc) is 2.95. The number of aliphatic imine (C=N–C) groups is 1. The van der Waals surface area contributed by atoms with Crippen LogP contribution in [0.15, 0.2) is 4.99 Å². The van der Waals surface area contributed by atoms with Crippen LogP contribution < -0.4 is 16.0 Å². The van der Waals surface area contributed by atoms with Crippen LogP contribution in [-0.2, 0) is 9.53 Å². The predicted octanol–water partition coefficient (Wildman–Crippen LogP) is 1.50. The van der Waals surface area contributed by atoms with Crippen LogP contribution >= 0.6 is 24.0 Å². The normalized spacial score (nSPS) is 16.8. The maximum atomic E-state index is 11.8. The first kappa shape index (κ1) is 21.4. The number of nitrogens with one attached hydrogen (secondary N) is 3. The minimum Gasteiger partial charge on any atom is -0.383 e. The second-order valence-electron chi connectivity index (χ2n) is 5.70. The highest BCUT2D eigenvalue weighted by Gasteiger charge is 2.17. The Hall–Kier alpha value is -0.570. The summed E-state index contributed by atoms with van der Waals surface area (Å²) in [5, 5.41) is 9.35. The minimum absolute atomic E-state index is 0. The Morgan fingerprint density at radius 1 is 1.27 bits per heavy atom. The molecule has 1 aliphatic rings. The van der Waals surface area contributed by atoms with Crippen LogP contribution in [0.2, 0.25) is 0 Å². The molecule has 6 nitrogen and oxygen atoms in total. The Balaban J connectivity index is 0.00000441. The van der Waals surface area contributed by atoms with E-state index in [1.807, 2.05) is 6.92 Å². The summed E-state index contributed by atoms with van der Waals surface area (Å²) < 4.78 is 5.07. The first-order valence-corrected chi connectivity index (χ1v) is 7.88. The molecule has 3 N–H and O–H groups in total. The van der Waals surface area contributed by atoms with Gasteiger partial charge in [-0.15, -0.1) is 24.0 Å². The summed E-state index contributed by atoms with van der Waals surface area (Å²) in [6, 6.07) is 0.193. The van der Waals surface area contributed by atoms with Crippen molar-refractivity contribution >= 4 is 35.8 Å². The smallest absolute Gasteiger partial charge is 0.220 e. The van der Waals surface area contributed by atoms with Gasteiger partial charge in [0.25, 0.3) is 0 Å². The fourth-order valence-corrected chi connectivity index (χ4v) is 2.65. The van der Waals surface area contributed by atoms with Crippen molar-refractivity contribution in [2.75, 3.05) is 33.9 Å². The average molecular weight is 426 g/mol. The van der Waals surface area contributed by atoms with Crippen molar-refractivity contribution in [1.29, 1.82) is 0 Å². The molecule has 0 saturated heterocycles. The molecule has 0 aromatic carbocycles. The minimum atomic E-state index is 0. The third kappa shape index (κ3) is 9.45. The number of guanidine groups is 1. The molecule has 1 aliphatic carbocycles. The summed E-state index contributed by atoms with van der Waals surface area (Å²) in [5.74, 6) is 1.49. The van der Waals surface area contributed by atoms with E-state index < -0.39 is 0 Å². The molecular weight excluding hydrogens is 395 g/mol. The number of nitrogens with zero attached hydrogens (tertiary/aromatic N) is 1. The van der Waals surface area contributed by atoms with E-state index in [2.05, 4.69) is 20.9 Å². The summed E-state index contributed by atoms with van der Waals surface area (Å²) in [4.78, 5) is 15.9. The van der Waals surface area contributed by atoms with Gasteiger partial charge in [0.1, 0.15) is 0 Å². The zero-order valence-corrected chi connectivity index (χ0v) is 16.3. The van der Waals surface area contributed by atoms with Crippen molar-refractivity contribution < 1.29 is 9.53 Å². The molecule has 0 heterocycles. The van der Waals surface area contributed by atoms with E-state index in [0.717, 1.165) is 5.96 Å². The Morgan fingerprint density at radius 2 is 1.91 bits per heavy atom. The van der Waals surface area contributed by atoms with Gasteiger partial charge in [-0.2, -0.15) is 0 Å². The molecule has 1 fully saturated rings.